The van der Waals surface area contributed by atoms with Crippen molar-refractivity contribution in [3.8, 4) is 0 Å². The van der Waals surface area contributed by atoms with Crippen molar-refractivity contribution in [2.75, 3.05) is 11.9 Å². The van der Waals surface area contributed by atoms with Gasteiger partial charge in [0.25, 0.3) is 0 Å². The number of hydrogen-bond acceptors (Lipinski definition) is 3. The van der Waals surface area contributed by atoms with Crippen molar-refractivity contribution < 1.29 is 14.0 Å². The zero-order valence-electron chi connectivity index (χ0n) is 16.2. The maximum atomic E-state index is 14.3. The summed E-state index contributed by atoms with van der Waals surface area (Å²) in [4.78, 5) is 27.1. The van der Waals surface area contributed by atoms with E-state index in [0.717, 1.165) is 11.3 Å². The van der Waals surface area contributed by atoms with Gasteiger partial charge < -0.3 is 15.5 Å². The fraction of sp³-hybridized carbons (Fsp3) is 0.333. The van der Waals surface area contributed by atoms with E-state index in [1.807, 2.05) is 24.3 Å². The smallest absolute Gasteiger partial charge is 0.249 e. The number of halogens is 3. The first-order chi connectivity index (χ1) is 13.4. The minimum Gasteiger partial charge on any atom is -0.343 e. The number of anilines is 1. The van der Waals surface area contributed by atoms with Gasteiger partial charge in [-0.1, -0.05) is 29.8 Å². The fourth-order valence-electron chi connectivity index (χ4n) is 3.28. The molecule has 29 heavy (non-hydrogen) atoms. The minimum absolute atomic E-state index is 0. The van der Waals surface area contributed by atoms with Gasteiger partial charge in [0, 0.05) is 16.3 Å². The molecule has 2 aromatic rings. The van der Waals surface area contributed by atoms with Gasteiger partial charge in [0.15, 0.2) is 0 Å². The molecular formula is C21H24Cl2FN3O2. The van der Waals surface area contributed by atoms with E-state index in [1.165, 1.54) is 23.1 Å². The summed E-state index contributed by atoms with van der Waals surface area (Å²) in [5, 5.41) is 6.09. The van der Waals surface area contributed by atoms with Crippen molar-refractivity contribution >= 4 is 41.5 Å². The summed E-state index contributed by atoms with van der Waals surface area (Å²) in [5.41, 5.74) is 2.04. The third kappa shape index (κ3) is 5.26. The summed E-state index contributed by atoms with van der Waals surface area (Å²) >= 11 is 6.02. The van der Waals surface area contributed by atoms with Crippen LogP contribution in [0.4, 0.5) is 10.1 Å². The largest absolute Gasteiger partial charge is 0.343 e. The average Bonchev–Trinajstić information content (AvgIpc) is 2.82. The summed E-state index contributed by atoms with van der Waals surface area (Å²) < 4.78 is 14.3. The highest BCUT2D eigenvalue weighted by molar-refractivity contribution is 6.30. The van der Waals surface area contributed by atoms with E-state index >= 15 is 0 Å². The van der Waals surface area contributed by atoms with Gasteiger partial charge in [0.05, 0.1) is 12.6 Å². The molecule has 0 radical (unpaired) electrons. The van der Waals surface area contributed by atoms with Crippen LogP contribution >= 0.6 is 24.0 Å². The Morgan fingerprint density at radius 3 is 2.76 bits per heavy atom. The van der Waals surface area contributed by atoms with Gasteiger partial charge in [-0.15, -0.1) is 12.4 Å². The molecule has 3 rings (SSSR count). The summed E-state index contributed by atoms with van der Waals surface area (Å²) in [6.07, 6.45) is 1.11. The first kappa shape index (κ1) is 23.1. The van der Waals surface area contributed by atoms with Crippen LogP contribution in [0.15, 0.2) is 42.5 Å². The van der Waals surface area contributed by atoms with Crippen LogP contribution in [0.2, 0.25) is 5.02 Å². The van der Waals surface area contributed by atoms with Crippen LogP contribution in [0.25, 0.3) is 0 Å². The number of aryl methyl sites for hydroxylation is 1. The molecule has 0 spiro atoms. The third-order valence-corrected chi connectivity index (χ3v) is 5.26. The first-order valence-electron chi connectivity index (χ1n) is 9.21. The second-order valence-electron chi connectivity index (χ2n) is 6.90. The van der Waals surface area contributed by atoms with Crippen LogP contribution in [0.5, 0.6) is 0 Å². The Labute approximate surface area is 181 Å². The molecule has 0 aliphatic carbocycles. The fourth-order valence-corrected chi connectivity index (χ4v) is 3.47. The molecule has 2 unspecified atom stereocenters. The molecule has 2 amide bonds. The molecular weight excluding hydrogens is 416 g/mol. The highest BCUT2D eigenvalue weighted by Crippen LogP contribution is 2.29. The van der Waals surface area contributed by atoms with Gasteiger partial charge >= 0.3 is 0 Å². The maximum absolute atomic E-state index is 14.3. The van der Waals surface area contributed by atoms with Crippen molar-refractivity contribution in [3.63, 3.8) is 0 Å². The van der Waals surface area contributed by atoms with Gasteiger partial charge in [0.2, 0.25) is 11.8 Å². The number of carbonyl (C=O) groups is 2. The lowest BCUT2D eigenvalue weighted by Crippen LogP contribution is -2.52. The quantitative estimate of drug-likeness (QED) is 0.749. The average molecular weight is 440 g/mol. The van der Waals surface area contributed by atoms with E-state index in [9.17, 15) is 14.0 Å². The maximum Gasteiger partial charge on any atom is 0.249 e. The van der Waals surface area contributed by atoms with Gasteiger partial charge in [-0.05, 0) is 56.6 Å². The predicted octanol–water partition coefficient (Wildman–Crippen LogP) is 3.47. The Kier molecular flexibility index (Phi) is 8.02. The number of fused-ring (bicyclic) bond motifs is 1. The van der Waals surface area contributed by atoms with Gasteiger partial charge in [0.1, 0.15) is 11.9 Å². The van der Waals surface area contributed by atoms with Crippen LogP contribution in [0.3, 0.4) is 0 Å². The van der Waals surface area contributed by atoms with Crippen LogP contribution in [0, 0.1) is 5.82 Å². The molecule has 5 nitrogen and oxygen atoms in total. The first-order valence-corrected chi connectivity index (χ1v) is 9.59. The normalized spacial score (nSPS) is 17.0. The SMILES string of the molecule is CNC(C)C(=O)NC1CCc2ccccc2N(Cc2cc(Cl)ccc2F)C1=O.Cl. The van der Waals surface area contributed by atoms with E-state index in [-0.39, 0.29) is 30.8 Å². The number of nitrogens with zero attached hydrogens (tertiary/aromatic N) is 1. The number of likely N-dealkylation sites (N-methyl/N-ethyl adjacent to an activating group) is 1. The molecule has 1 heterocycles. The third-order valence-electron chi connectivity index (χ3n) is 5.03. The van der Waals surface area contributed by atoms with Gasteiger partial charge in [-0.25, -0.2) is 4.39 Å². The number of hydrogen-bond donors (Lipinski definition) is 2. The van der Waals surface area contributed by atoms with Crippen molar-refractivity contribution in [2.24, 2.45) is 0 Å². The van der Waals surface area contributed by atoms with E-state index in [0.29, 0.717) is 23.4 Å². The van der Waals surface area contributed by atoms with Gasteiger partial charge in [-0.2, -0.15) is 0 Å². The number of carbonyl (C=O) groups excluding carboxylic acids is 2. The Bertz CT molecular complexity index is 894. The molecule has 0 saturated heterocycles. The lowest BCUT2D eigenvalue weighted by Gasteiger charge is -2.27. The molecule has 1 aliphatic rings. The second kappa shape index (κ2) is 10.1. The lowest BCUT2D eigenvalue weighted by atomic mass is 10.1. The van der Waals surface area contributed by atoms with Crippen molar-refractivity contribution in [1.29, 1.82) is 0 Å². The number of rotatable bonds is 5. The van der Waals surface area contributed by atoms with Crippen LogP contribution < -0.4 is 15.5 Å². The molecule has 2 aromatic carbocycles. The van der Waals surface area contributed by atoms with Crippen molar-refractivity contribution in [1.82, 2.24) is 10.6 Å². The molecule has 1 aliphatic heterocycles. The van der Waals surface area contributed by atoms with E-state index in [4.69, 9.17) is 11.6 Å². The number of nitrogens with one attached hydrogen (secondary N) is 2. The number of benzene rings is 2. The number of para-hydroxylation sites is 1. The minimum atomic E-state index is -0.682. The molecule has 0 aromatic heterocycles. The highest BCUT2D eigenvalue weighted by Gasteiger charge is 2.32. The zero-order chi connectivity index (χ0) is 20.3. The molecule has 8 heteroatoms. The number of amides is 2. The Morgan fingerprint density at radius 1 is 1.31 bits per heavy atom. The topological polar surface area (TPSA) is 61.4 Å². The summed E-state index contributed by atoms with van der Waals surface area (Å²) in [7, 11) is 1.68. The van der Waals surface area contributed by atoms with Crippen molar-refractivity contribution in [3.05, 3.63) is 64.4 Å². The predicted molar refractivity (Wildman–Crippen MR) is 115 cm³/mol. The summed E-state index contributed by atoms with van der Waals surface area (Å²) in [6.45, 7) is 1.76. The molecule has 0 fully saturated rings. The van der Waals surface area contributed by atoms with E-state index in [2.05, 4.69) is 10.6 Å². The molecule has 156 valence electrons. The molecule has 0 bridgehead atoms. The summed E-state index contributed by atoms with van der Waals surface area (Å²) in [6, 6.07) is 10.7. The Hall–Kier alpha value is -2.15. The highest BCUT2D eigenvalue weighted by atomic mass is 35.5. The summed E-state index contributed by atoms with van der Waals surface area (Å²) in [5.74, 6) is -0.940. The van der Waals surface area contributed by atoms with Crippen LogP contribution in [-0.2, 0) is 22.6 Å². The van der Waals surface area contributed by atoms with Gasteiger partial charge in [-0.3, -0.25) is 9.59 Å². The second-order valence-corrected chi connectivity index (χ2v) is 7.34. The lowest BCUT2D eigenvalue weighted by molar-refractivity contribution is -0.128. The van der Waals surface area contributed by atoms with Crippen LogP contribution in [-0.4, -0.2) is 30.9 Å². The van der Waals surface area contributed by atoms with Crippen LogP contribution in [0.1, 0.15) is 24.5 Å². The standard InChI is InChI=1S/C21H23ClFN3O2.ClH/c1-13(24-2)20(27)25-18-10-7-14-5-3-4-6-19(14)26(21(18)28)12-15-11-16(22)8-9-17(15)23;/h3-6,8-9,11,13,18,24H,7,10,12H2,1-2H3,(H,25,27);1H. The zero-order valence-corrected chi connectivity index (χ0v) is 17.8. The van der Waals surface area contributed by atoms with Crippen molar-refractivity contribution in [2.45, 2.75) is 38.4 Å². The molecule has 2 atom stereocenters. The molecule has 0 saturated carbocycles. The monoisotopic (exact) mass is 439 g/mol. The van der Waals surface area contributed by atoms with E-state index < -0.39 is 17.9 Å². The Morgan fingerprint density at radius 2 is 2.03 bits per heavy atom. The molecule has 2 N–H and O–H groups in total. The Balaban J connectivity index is 0.00000300. The van der Waals surface area contributed by atoms with E-state index in [1.54, 1.807) is 14.0 Å².